The Morgan fingerprint density at radius 2 is 1.81 bits per heavy atom. The highest BCUT2D eigenvalue weighted by Gasteiger charge is 2.37. The molecule has 1 saturated heterocycles. The summed E-state index contributed by atoms with van der Waals surface area (Å²) >= 11 is 0. The lowest BCUT2D eigenvalue weighted by Crippen LogP contribution is -2.21. The van der Waals surface area contributed by atoms with Crippen LogP contribution in [0.1, 0.15) is 68.4 Å². The van der Waals surface area contributed by atoms with Crippen molar-refractivity contribution in [3.63, 3.8) is 0 Å². The fraction of sp³-hybridized carbons (Fsp3) is 0.619. The maximum Gasteiger partial charge on any atom is 0.221 e. The quantitative estimate of drug-likeness (QED) is 0.744. The summed E-state index contributed by atoms with van der Waals surface area (Å²) in [6.45, 7) is 12.2. The summed E-state index contributed by atoms with van der Waals surface area (Å²) in [6, 6.07) is 8.98. The van der Waals surface area contributed by atoms with Crippen LogP contribution in [0.25, 0.3) is 0 Å². The van der Waals surface area contributed by atoms with Gasteiger partial charge in [0, 0.05) is 38.6 Å². The molecule has 0 N–H and O–H groups in total. The molecule has 3 rings (SSSR count). The number of rotatable bonds is 7. The molecule has 0 saturated carbocycles. The second-order valence-corrected chi connectivity index (χ2v) is 8.05. The van der Waals surface area contributed by atoms with Crippen molar-refractivity contribution in [1.29, 1.82) is 0 Å². The zero-order valence-corrected chi connectivity index (χ0v) is 16.6. The number of methoxy groups -OCH3 is 1. The molecule has 2 aromatic rings. The highest BCUT2D eigenvalue weighted by molar-refractivity contribution is 5.24. The molecule has 1 aliphatic heterocycles. The van der Waals surface area contributed by atoms with Gasteiger partial charge in [0.05, 0.1) is 12.5 Å². The van der Waals surface area contributed by atoms with E-state index in [1.165, 1.54) is 11.1 Å². The molecule has 1 fully saturated rings. The second kappa shape index (κ2) is 8.31. The minimum Gasteiger partial charge on any atom is -0.425 e. The maximum absolute atomic E-state index is 5.94. The van der Waals surface area contributed by atoms with E-state index in [1.54, 1.807) is 7.11 Å². The number of likely N-dealkylation sites (tertiary alicyclic amines) is 1. The molecule has 0 amide bonds. The van der Waals surface area contributed by atoms with Crippen LogP contribution in [0.3, 0.4) is 0 Å². The Labute approximate surface area is 156 Å². The van der Waals surface area contributed by atoms with Crippen molar-refractivity contribution in [1.82, 2.24) is 15.1 Å². The van der Waals surface area contributed by atoms with Crippen LogP contribution in [0, 0.1) is 5.92 Å². The molecular formula is C21H31N3O2. The van der Waals surface area contributed by atoms with E-state index in [4.69, 9.17) is 9.15 Å². The van der Waals surface area contributed by atoms with Gasteiger partial charge in [0.15, 0.2) is 0 Å². The standard InChI is InChI=1S/C21H31N3O2/c1-14(2)17-8-6-16(7-9-17)10-24-11-18(13-25-5)19(12-24)21-23-22-20(26-21)15(3)4/h6-9,14-15,18-19H,10-13H2,1-5H3/t18-,19+/m0/s1. The number of ether oxygens (including phenoxy) is 1. The maximum atomic E-state index is 5.94. The van der Waals surface area contributed by atoms with Gasteiger partial charge >= 0.3 is 0 Å². The molecule has 0 spiro atoms. The van der Waals surface area contributed by atoms with Gasteiger partial charge in [-0.1, -0.05) is 52.0 Å². The Balaban J connectivity index is 1.69. The zero-order chi connectivity index (χ0) is 18.7. The van der Waals surface area contributed by atoms with Gasteiger partial charge in [0.1, 0.15) is 0 Å². The van der Waals surface area contributed by atoms with Gasteiger partial charge in [-0.2, -0.15) is 0 Å². The predicted octanol–water partition coefficient (Wildman–Crippen LogP) is 4.18. The first kappa shape index (κ1) is 19.1. The molecule has 26 heavy (non-hydrogen) atoms. The topological polar surface area (TPSA) is 51.4 Å². The molecule has 1 aromatic heterocycles. The highest BCUT2D eigenvalue weighted by Crippen LogP contribution is 2.33. The minimum absolute atomic E-state index is 0.241. The molecule has 0 radical (unpaired) electrons. The molecule has 0 bridgehead atoms. The van der Waals surface area contributed by atoms with Crippen molar-refractivity contribution < 1.29 is 9.15 Å². The summed E-state index contributed by atoms with van der Waals surface area (Å²) in [4.78, 5) is 2.47. The second-order valence-electron chi connectivity index (χ2n) is 8.05. The van der Waals surface area contributed by atoms with Crippen LogP contribution in [0.4, 0.5) is 0 Å². The lowest BCUT2D eigenvalue weighted by atomic mass is 9.97. The number of aromatic nitrogens is 2. The Bertz CT molecular complexity index is 694. The van der Waals surface area contributed by atoms with E-state index in [0.29, 0.717) is 18.4 Å². The average molecular weight is 357 g/mol. The van der Waals surface area contributed by atoms with Crippen LogP contribution in [-0.2, 0) is 11.3 Å². The zero-order valence-electron chi connectivity index (χ0n) is 16.6. The van der Waals surface area contributed by atoms with E-state index < -0.39 is 0 Å². The van der Waals surface area contributed by atoms with Crippen molar-refractivity contribution >= 4 is 0 Å². The molecule has 5 nitrogen and oxygen atoms in total. The van der Waals surface area contributed by atoms with Crippen LogP contribution >= 0.6 is 0 Å². The van der Waals surface area contributed by atoms with E-state index in [2.05, 4.69) is 67.1 Å². The summed E-state index contributed by atoms with van der Waals surface area (Å²) in [7, 11) is 1.76. The first-order valence-electron chi connectivity index (χ1n) is 9.61. The number of hydrogen-bond donors (Lipinski definition) is 0. The van der Waals surface area contributed by atoms with Crippen LogP contribution in [0.15, 0.2) is 28.7 Å². The van der Waals surface area contributed by atoms with E-state index in [-0.39, 0.29) is 11.8 Å². The lowest BCUT2D eigenvalue weighted by molar-refractivity contribution is 0.143. The summed E-state index contributed by atoms with van der Waals surface area (Å²) in [5, 5.41) is 8.54. The van der Waals surface area contributed by atoms with Gasteiger partial charge in [-0.15, -0.1) is 10.2 Å². The third-order valence-electron chi connectivity index (χ3n) is 5.22. The minimum atomic E-state index is 0.241. The van der Waals surface area contributed by atoms with E-state index in [1.807, 2.05) is 0 Å². The molecule has 2 heterocycles. The van der Waals surface area contributed by atoms with Crippen LogP contribution < -0.4 is 0 Å². The largest absolute Gasteiger partial charge is 0.425 e. The van der Waals surface area contributed by atoms with Crippen LogP contribution in [0.5, 0.6) is 0 Å². The fourth-order valence-electron chi connectivity index (χ4n) is 3.65. The molecule has 1 aromatic carbocycles. The van der Waals surface area contributed by atoms with Crippen LogP contribution in [0.2, 0.25) is 0 Å². The van der Waals surface area contributed by atoms with Gasteiger partial charge in [-0.25, -0.2) is 0 Å². The van der Waals surface area contributed by atoms with Gasteiger partial charge in [0.25, 0.3) is 0 Å². The van der Waals surface area contributed by atoms with Gasteiger partial charge < -0.3 is 9.15 Å². The highest BCUT2D eigenvalue weighted by atomic mass is 16.5. The number of nitrogens with zero attached hydrogens (tertiary/aromatic N) is 3. The Kier molecular flexibility index (Phi) is 6.09. The SMILES string of the molecule is COC[C@@H]1CN(Cc2ccc(C(C)C)cc2)C[C@H]1c1nnc(C(C)C)o1. The molecule has 0 unspecified atom stereocenters. The molecule has 0 aliphatic carbocycles. The molecule has 1 aliphatic rings. The van der Waals surface area contributed by atoms with Crippen LogP contribution in [-0.4, -0.2) is 41.9 Å². The molecule has 142 valence electrons. The Hall–Kier alpha value is -1.72. The van der Waals surface area contributed by atoms with Crippen molar-refractivity contribution in [2.45, 2.75) is 52.0 Å². The summed E-state index contributed by atoms with van der Waals surface area (Å²) < 4.78 is 11.4. The molecule has 5 heteroatoms. The first-order chi connectivity index (χ1) is 12.5. The average Bonchev–Trinajstić information content (AvgIpc) is 3.23. The fourth-order valence-corrected chi connectivity index (χ4v) is 3.65. The van der Waals surface area contributed by atoms with Crippen molar-refractivity contribution in [3.8, 4) is 0 Å². The van der Waals surface area contributed by atoms with Crippen molar-refractivity contribution in [3.05, 3.63) is 47.2 Å². The summed E-state index contributed by atoms with van der Waals surface area (Å²) in [5.74, 6) is 2.93. The monoisotopic (exact) mass is 357 g/mol. The number of benzene rings is 1. The van der Waals surface area contributed by atoms with Crippen molar-refractivity contribution in [2.75, 3.05) is 26.8 Å². The Morgan fingerprint density at radius 3 is 2.38 bits per heavy atom. The predicted molar refractivity (Wildman–Crippen MR) is 102 cm³/mol. The molecule has 2 atom stereocenters. The third kappa shape index (κ3) is 4.33. The van der Waals surface area contributed by atoms with E-state index in [9.17, 15) is 0 Å². The summed E-state index contributed by atoms with van der Waals surface area (Å²) in [5.41, 5.74) is 2.73. The van der Waals surface area contributed by atoms with Crippen molar-refractivity contribution in [2.24, 2.45) is 5.92 Å². The van der Waals surface area contributed by atoms with Gasteiger partial charge in [-0.3, -0.25) is 4.90 Å². The Morgan fingerprint density at radius 1 is 1.08 bits per heavy atom. The molecular weight excluding hydrogens is 326 g/mol. The lowest BCUT2D eigenvalue weighted by Gasteiger charge is -2.16. The normalized spacial score (nSPS) is 21.2. The van der Waals surface area contributed by atoms with E-state index >= 15 is 0 Å². The third-order valence-corrected chi connectivity index (χ3v) is 5.22. The smallest absolute Gasteiger partial charge is 0.221 e. The first-order valence-corrected chi connectivity index (χ1v) is 9.61. The van der Waals surface area contributed by atoms with Gasteiger partial charge in [0.2, 0.25) is 11.8 Å². The summed E-state index contributed by atoms with van der Waals surface area (Å²) in [6.07, 6.45) is 0. The van der Waals surface area contributed by atoms with E-state index in [0.717, 1.165) is 31.4 Å². The number of hydrogen-bond acceptors (Lipinski definition) is 5. The van der Waals surface area contributed by atoms with Gasteiger partial charge in [-0.05, 0) is 17.0 Å².